The molecule has 90 valence electrons. The van der Waals surface area contributed by atoms with Crippen molar-refractivity contribution < 1.29 is 9.13 Å². The van der Waals surface area contributed by atoms with Gasteiger partial charge in [-0.15, -0.1) is 0 Å². The van der Waals surface area contributed by atoms with E-state index in [0.29, 0.717) is 6.73 Å². The zero-order valence-electron chi connectivity index (χ0n) is 10.2. The van der Waals surface area contributed by atoms with Crippen LogP contribution >= 0.6 is 0 Å². The smallest absolute Gasteiger partial charge is 0.125 e. The molecule has 0 spiro atoms. The fourth-order valence-electron chi connectivity index (χ4n) is 1.18. The Hall–Kier alpha value is -0.873. The summed E-state index contributed by atoms with van der Waals surface area (Å²) >= 11 is 0. The third-order valence-corrected chi connectivity index (χ3v) is 3.90. The second-order valence-electron chi connectivity index (χ2n) is 5.05. The minimum absolute atomic E-state index is 0.230. The highest BCUT2D eigenvalue weighted by molar-refractivity contribution is 6.76. The SMILES string of the molecule is C[Si](C)(C)CCOCNc1cccc(F)c1. The molecular weight excluding hydrogens is 221 g/mol. The van der Waals surface area contributed by atoms with E-state index in [0.717, 1.165) is 18.3 Å². The summed E-state index contributed by atoms with van der Waals surface area (Å²) in [7, 11) is -1.01. The van der Waals surface area contributed by atoms with Gasteiger partial charge in [-0.3, -0.25) is 0 Å². The number of nitrogens with one attached hydrogen (secondary N) is 1. The molecule has 1 N–H and O–H groups in total. The normalized spacial score (nSPS) is 11.5. The van der Waals surface area contributed by atoms with Gasteiger partial charge >= 0.3 is 0 Å². The largest absolute Gasteiger partial charge is 0.363 e. The number of hydrogen-bond acceptors (Lipinski definition) is 2. The molecule has 0 amide bonds. The second kappa shape index (κ2) is 6.01. The molecular formula is C12H20FNOSi. The van der Waals surface area contributed by atoms with Crippen LogP contribution in [0.5, 0.6) is 0 Å². The number of ether oxygens (including phenoxy) is 1. The van der Waals surface area contributed by atoms with Crippen molar-refractivity contribution in [3.63, 3.8) is 0 Å². The van der Waals surface area contributed by atoms with Crippen molar-refractivity contribution in [1.29, 1.82) is 0 Å². The van der Waals surface area contributed by atoms with Gasteiger partial charge in [0.15, 0.2) is 0 Å². The Balaban J connectivity index is 2.17. The van der Waals surface area contributed by atoms with E-state index in [1.165, 1.54) is 12.1 Å². The lowest BCUT2D eigenvalue weighted by molar-refractivity contribution is 0.166. The lowest BCUT2D eigenvalue weighted by Crippen LogP contribution is -2.22. The summed E-state index contributed by atoms with van der Waals surface area (Å²) in [5.74, 6) is -0.230. The summed E-state index contributed by atoms with van der Waals surface area (Å²) < 4.78 is 18.3. The van der Waals surface area contributed by atoms with Crippen LogP contribution in [0.2, 0.25) is 25.7 Å². The minimum atomic E-state index is -1.01. The fraction of sp³-hybridized carbons (Fsp3) is 0.500. The number of anilines is 1. The second-order valence-corrected chi connectivity index (χ2v) is 10.7. The summed E-state index contributed by atoms with van der Waals surface area (Å²) in [4.78, 5) is 0. The lowest BCUT2D eigenvalue weighted by Gasteiger charge is -2.15. The maximum absolute atomic E-state index is 12.8. The Kier molecular flexibility index (Phi) is 4.95. The van der Waals surface area contributed by atoms with Crippen LogP contribution in [-0.2, 0) is 4.74 Å². The first-order valence-electron chi connectivity index (χ1n) is 5.54. The van der Waals surface area contributed by atoms with E-state index >= 15 is 0 Å². The van der Waals surface area contributed by atoms with Crippen LogP contribution in [0.15, 0.2) is 24.3 Å². The molecule has 0 radical (unpaired) electrons. The Morgan fingerprint density at radius 2 is 2.06 bits per heavy atom. The topological polar surface area (TPSA) is 21.3 Å². The van der Waals surface area contributed by atoms with Crippen molar-refractivity contribution in [2.24, 2.45) is 0 Å². The van der Waals surface area contributed by atoms with Crippen LogP contribution in [-0.4, -0.2) is 21.4 Å². The van der Waals surface area contributed by atoms with Crippen molar-refractivity contribution in [2.75, 3.05) is 18.7 Å². The van der Waals surface area contributed by atoms with Gasteiger partial charge in [0.05, 0.1) is 0 Å². The van der Waals surface area contributed by atoms with E-state index in [1.807, 2.05) is 6.07 Å². The molecule has 16 heavy (non-hydrogen) atoms. The van der Waals surface area contributed by atoms with E-state index < -0.39 is 8.07 Å². The van der Waals surface area contributed by atoms with Gasteiger partial charge in [0, 0.05) is 20.4 Å². The quantitative estimate of drug-likeness (QED) is 0.467. The summed E-state index contributed by atoms with van der Waals surface area (Å²) in [6.45, 7) is 8.16. The van der Waals surface area contributed by atoms with Crippen molar-refractivity contribution in [3.05, 3.63) is 30.1 Å². The number of benzene rings is 1. The molecule has 2 nitrogen and oxygen atoms in total. The van der Waals surface area contributed by atoms with E-state index in [4.69, 9.17) is 4.74 Å². The Morgan fingerprint density at radius 3 is 2.69 bits per heavy atom. The highest BCUT2D eigenvalue weighted by Gasteiger charge is 2.11. The predicted molar refractivity (Wildman–Crippen MR) is 69.0 cm³/mol. The first-order valence-corrected chi connectivity index (χ1v) is 9.25. The average molecular weight is 241 g/mol. The maximum atomic E-state index is 12.8. The maximum Gasteiger partial charge on any atom is 0.125 e. The molecule has 0 aliphatic rings. The molecule has 0 aromatic heterocycles. The Morgan fingerprint density at radius 1 is 1.31 bits per heavy atom. The van der Waals surface area contributed by atoms with Crippen LogP contribution in [0.25, 0.3) is 0 Å². The van der Waals surface area contributed by atoms with Crippen molar-refractivity contribution in [2.45, 2.75) is 25.7 Å². The number of hydrogen-bond donors (Lipinski definition) is 1. The van der Waals surface area contributed by atoms with Gasteiger partial charge < -0.3 is 10.1 Å². The van der Waals surface area contributed by atoms with Crippen molar-refractivity contribution in [3.8, 4) is 0 Å². The first-order chi connectivity index (χ1) is 7.47. The fourth-order valence-corrected chi connectivity index (χ4v) is 1.94. The van der Waals surface area contributed by atoms with Gasteiger partial charge in [-0.05, 0) is 24.2 Å². The highest BCUT2D eigenvalue weighted by Crippen LogP contribution is 2.10. The molecule has 4 heteroatoms. The van der Waals surface area contributed by atoms with E-state index in [-0.39, 0.29) is 5.82 Å². The van der Waals surface area contributed by atoms with Gasteiger partial charge in [0.25, 0.3) is 0 Å². The van der Waals surface area contributed by atoms with E-state index in [9.17, 15) is 4.39 Å². The summed E-state index contributed by atoms with van der Waals surface area (Å²) in [5.41, 5.74) is 0.757. The molecule has 0 saturated heterocycles. The monoisotopic (exact) mass is 241 g/mol. The number of rotatable bonds is 6. The zero-order chi connectivity index (χ0) is 12.0. The van der Waals surface area contributed by atoms with Crippen LogP contribution in [0.4, 0.5) is 10.1 Å². The van der Waals surface area contributed by atoms with Gasteiger partial charge in [-0.2, -0.15) is 0 Å². The van der Waals surface area contributed by atoms with Gasteiger partial charge in [-0.25, -0.2) is 4.39 Å². The van der Waals surface area contributed by atoms with Crippen molar-refractivity contribution >= 4 is 13.8 Å². The van der Waals surface area contributed by atoms with Gasteiger partial charge in [0.1, 0.15) is 12.5 Å². The van der Waals surface area contributed by atoms with Gasteiger partial charge in [-0.1, -0.05) is 25.7 Å². The Bertz CT molecular complexity index is 325. The van der Waals surface area contributed by atoms with E-state index in [2.05, 4.69) is 25.0 Å². The molecule has 0 saturated carbocycles. The van der Waals surface area contributed by atoms with Crippen LogP contribution in [0, 0.1) is 5.82 Å². The molecule has 1 rings (SSSR count). The molecule has 1 aromatic rings. The lowest BCUT2D eigenvalue weighted by atomic mass is 10.3. The van der Waals surface area contributed by atoms with Crippen LogP contribution < -0.4 is 5.32 Å². The molecule has 0 aliphatic carbocycles. The summed E-state index contributed by atoms with van der Waals surface area (Å²) in [6.07, 6.45) is 0. The summed E-state index contributed by atoms with van der Waals surface area (Å²) in [5, 5.41) is 3.02. The van der Waals surface area contributed by atoms with Gasteiger partial charge in [0.2, 0.25) is 0 Å². The molecule has 0 fully saturated rings. The molecule has 0 aliphatic heterocycles. The van der Waals surface area contributed by atoms with Crippen molar-refractivity contribution in [1.82, 2.24) is 0 Å². The first kappa shape index (κ1) is 13.2. The standard InChI is InChI=1S/C12H20FNOSi/c1-16(2,3)8-7-15-10-14-12-6-4-5-11(13)9-12/h4-6,9,14H,7-8,10H2,1-3H3. The van der Waals surface area contributed by atoms with Crippen LogP contribution in [0.1, 0.15) is 0 Å². The molecule has 0 unspecified atom stereocenters. The average Bonchev–Trinajstić information content (AvgIpc) is 2.15. The highest BCUT2D eigenvalue weighted by atomic mass is 28.3. The summed E-state index contributed by atoms with van der Waals surface area (Å²) in [6, 6.07) is 7.54. The minimum Gasteiger partial charge on any atom is -0.363 e. The zero-order valence-corrected chi connectivity index (χ0v) is 11.2. The molecule has 0 bridgehead atoms. The predicted octanol–water partition coefficient (Wildman–Crippen LogP) is 3.55. The molecule has 1 aromatic carbocycles. The molecule has 0 atom stereocenters. The molecule has 0 heterocycles. The number of halogens is 1. The van der Waals surface area contributed by atoms with Crippen LogP contribution in [0.3, 0.4) is 0 Å². The Labute approximate surface area is 97.8 Å². The third kappa shape index (κ3) is 5.88. The third-order valence-electron chi connectivity index (χ3n) is 2.20. The van der Waals surface area contributed by atoms with E-state index in [1.54, 1.807) is 6.07 Å².